The molecule has 0 amide bonds. The number of nitrogens with one attached hydrogen (secondary N) is 1. The summed E-state index contributed by atoms with van der Waals surface area (Å²) in [7, 11) is 0. The van der Waals surface area contributed by atoms with Crippen LogP contribution in [0.15, 0.2) is 60.9 Å². The summed E-state index contributed by atoms with van der Waals surface area (Å²) in [5.41, 5.74) is 4.45. The summed E-state index contributed by atoms with van der Waals surface area (Å²) in [5.74, 6) is 0.287. The summed E-state index contributed by atoms with van der Waals surface area (Å²) in [4.78, 5) is 3.28. The number of hydrogen-bond acceptors (Lipinski definition) is 1. The summed E-state index contributed by atoms with van der Waals surface area (Å²) >= 11 is 6.56. The molecule has 1 atom stereocenters. The molecule has 0 saturated carbocycles. The maximum absolute atomic E-state index is 10.2. The van der Waals surface area contributed by atoms with Crippen molar-refractivity contribution >= 4 is 44.2 Å². The standard InChI is InChI=1S/C24H21ClN2O/c1-3-14(2)27-22-9-8-15(28)10-18(22)24-20-13-26-12-19(20)17(11-23(24)27)16-6-4-5-7-21(16)25/h4-14,26,28H,3H2,1-2H3. The van der Waals surface area contributed by atoms with Crippen LogP contribution in [0.3, 0.4) is 0 Å². The second kappa shape index (κ2) is 6.32. The Bertz CT molecular complexity index is 1350. The highest BCUT2D eigenvalue weighted by Gasteiger charge is 2.20. The van der Waals surface area contributed by atoms with Crippen molar-refractivity contribution in [2.75, 3.05) is 0 Å². The fraction of sp³-hybridized carbons (Fsp3) is 0.167. The Kier molecular flexibility index (Phi) is 3.88. The van der Waals surface area contributed by atoms with E-state index in [9.17, 15) is 5.11 Å². The second-order valence-corrected chi connectivity index (χ2v) is 7.82. The molecular weight excluding hydrogens is 368 g/mol. The molecule has 0 aliphatic heterocycles. The quantitative estimate of drug-likeness (QED) is 0.335. The highest BCUT2D eigenvalue weighted by atomic mass is 35.5. The molecule has 1 unspecified atom stereocenters. The SMILES string of the molecule is CCC(C)n1c2ccc(O)cc2c2c3c[nH]cc3c(-c3ccccc3Cl)cc21. The van der Waals surface area contributed by atoms with Crippen LogP contribution in [0.25, 0.3) is 43.7 Å². The normalized spacial score (nSPS) is 13.0. The molecule has 2 aromatic heterocycles. The predicted octanol–water partition coefficient (Wildman–Crippen LogP) is 7.27. The van der Waals surface area contributed by atoms with Gasteiger partial charge in [-0.15, -0.1) is 0 Å². The lowest BCUT2D eigenvalue weighted by atomic mass is 9.97. The van der Waals surface area contributed by atoms with Crippen molar-refractivity contribution in [3.8, 4) is 16.9 Å². The molecule has 28 heavy (non-hydrogen) atoms. The molecule has 0 spiro atoms. The van der Waals surface area contributed by atoms with Crippen LogP contribution in [0.1, 0.15) is 26.3 Å². The van der Waals surface area contributed by atoms with Gasteiger partial charge in [-0.25, -0.2) is 0 Å². The van der Waals surface area contributed by atoms with Crippen LogP contribution in [0.4, 0.5) is 0 Å². The van der Waals surface area contributed by atoms with Crippen LogP contribution in [-0.4, -0.2) is 14.7 Å². The van der Waals surface area contributed by atoms with Gasteiger partial charge in [0.1, 0.15) is 5.75 Å². The van der Waals surface area contributed by atoms with E-state index in [2.05, 4.69) is 35.5 Å². The molecule has 3 aromatic carbocycles. The highest BCUT2D eigenvalue weighted by molar-refractivity contribution is 6.34. The molecule has 0 bridgehead atoms. The topological polar surface area (TPSA) is 41.0 Å². The summed E-state index contributed by atoms with van der Waals surface area (Å²) in [5, 5.41) is 15.4. The van der Waals surface area contributed by atoms with Gasteiger partial charge in [0.2, 0.25) is 0 Å². The summed E-state index contributed by atoms with van der Waals surface area (Å²) in [6, 6.07) is 16.2. The maximum atomic E-state index is 10.2. The smallest absolute Gasteiger partial charge is 0.116 e. The summed E-state index contributed by atoms with van der Waals surface area (Å²) < 4.78 is 2.39. The van der Waals surface area contributed by atoms with Crippen LogP contribution < -0.4 is 0 Å². The van der Waals surface area contributed by atoms with Crippen molar-refractivity contribution in [2.24, 2.45) is 0 Å². The molecule has 0 saturated heterocycles. The van der Waals surface area contributed by atoms with E-state index in [1.165, 1.54) is 5.39 Å². The Labute approximate surface area is 168 Å². The van der Waals surface area contributed by atoms with Crippen molar-refractivity contribution in [2.45, 2.75) is 26.3 Å². The largest absolute Gasteiger partial charge is 0.508 e. The Hall–Kier alpha value is -2.91. The van der Waals surface area contributed by atoms with Crippen LogP contribution in [0, 0.1) is 0 Å². The molecule has 0 radical (unpaired) electrons. The zero-order chi connectivity index (χ0) is 19.4. The number of nitrogens with zero attached hydrogens (tertiary/aromatic N) is 1. The second-order valence-electron chi connectivity index (χ2n) is 7.41. The third kappa shape index (κ3) is 2.36. The van der Waals surface area contributed by atoms with Gasteiger partial charge in [-0.1, -0.05) is 36.7 Å². The van der Waals surface area contributed by atoms with Crippen LogP contribution in [0.5, 0.6) is 5.75 Å². The van der Waals surface area contributed by atoms with Crippen molar-refractivity contribution < 1.29 is 5.11 Å². The molecule has 0 aliphatic rings. The summed E-state index contributed by atoms with van der Waals surface area (Å²) in [6.45, 7) is 4.44. The molecule has 3 nitrogen and oxygen atoms in total. The van der Waals surface area contributed by atoms with E-state index in [0.29, 0.717) is 6.04 Å². The average Bonchev–Trinajstić information content (AvgIpc) is 3.29. The van der Waals surface area contributed by atoms with Crippen LogP contribution in [-0.2, 0) is 0 Å². The van der Waals surface area contributed by atoms with Gasteiger partial charge < -0.3 is 14.7 Å². The van der Waals surface area contributed by atoms with Gasteiger partial charge in [0.25, 0.3) is 0 Å². The molecule has 2 heterocycles. The number of rotatable bonds is 3. The summed E-state index contributed by atoms with van der Waals surface area (Å²) in [6.07, 6.45) is 5.09. The van der Waals surface area contributed by atoms with Gasteiger partial charge in [0.05, 0.1) is 5.52 Å². The van der Waals surface area contributed by atoms with E-state index in [0.717, 1.165) is 49.8 Å². The number of halogens is 1. The lowest BCUT2D eigenvalue weighted by molar-refractivity contribution is 0.476. The number of benzene rings is 3. The van der Waals surface area contributed by atoms with Crippen LogP contribution >= 0.6 is 11.6 Å². The molecule has 140 valence electrons. The fourth-order valence-corrected chi connectivity index (χ4v) is 4.55. The Morgan fingerprint density at radius 2 is 1.75 bits per heavy atom. The Morgan fingerprint density at radius 1 is 0.964 bits per heavy atom. The number of aromatic hydroxyl groups is 1. The van der Waals surface area contributed by atoms with Gasteiger partial charge in [0, 0.05) is 56.1 Å². The van der Waals surface area contributed by atoms with Crippen LogP contribution in [0.2, 0.25) is 5.02 Å². The minimum atomic E-state index is 0.287. The van der Waals surface area contributed by atoms with Crippen molar-refractivity contribution in [3.05, 3.63) is 65.9 Å². The zero-order valence-electron chi connectivity index (χ0n) is 15.8. The van der Waals surface area contributed by atoms with Gasteiger partial charge in [-0.2, -0.15) is 0 Å². The van der Waals surface area contributed by atoms with Gasteiger partial charge in [-0.05, 0) is 49.2 Å². The molecule has 4 heteroatoms. The van der Waals surface area contributed by atoms with Gasteiger partial charge in [0.15, 0.2) is 0 Å². The third-order valence-corrected chi connectivity index (χ3v) is 6.14. The minimum Gasteiger partial charge on any atom is -0.508 e. The van der Waals surface area contributed by atoms with Gasteiger partial charge >= 0.3 is 0 Å². The molecule has 5 rings (SSSR count). The molecule has 0 aliphatic carbocycles. The number of aromatic nitrogens is 2. The lowest BCUT2D eigenvalue weighted by Crippen LogP contribution is -2.03. The van der Waals surface area contributed by atoms with E-state index in [1.54, 1.807) is 6.07 Å². The number of H-pyrrole nitrogens is 1. The van der Waals surface area contributed by atoms with Crippen molar-refractivity contribution in [1.29, 1.82) is 0 Å². The maximum Gasteiger partial charge on any atom is 0.116 e. The number of hydrogen-bond donors (Lipinski definition) is 2. The molecule has 2 N–H and O–H groups in total. The number of aromatic amines is 1. The Morgan fingerprint density at radius 3 is 2.54 bits per heavy atom. The molecule has 0 fully saturated rings. The van der Waals surface area contributed by atoms with E-state index >= 15 is 0 Å². The lowest BCUT2D eigenvalue weighted by Gasteiger charge is -2.16. The van der Waals surface area contributed by atoms with E-state index in [4.69, 9.17) is 11.6 Å². The third-order valence-electron chi connectivity index (χ3n) is 5.81. The fourth-order valence-electron chi connectivity index (χ4n) is 4.32. The monoisotopic (exact) mass is 388 g/mol. The number of phenols is 1. The van der Waals surface area contributed by atoms with Crippen molar-refractivity contribution in [3.63, 3.8) is 0 Å². The first kappa shape index (κ1) is 17.2. The van der Waals surface area contributed by atoms with E-state index in [-0.39, 0.29) is 5.75 Å². The Balaban J connectivity index is 2.02. The van der Waals surface area contributed by atoms with E-state index in [1.807, 2.05) is 42.7 Å². The first-order valence-corrected chi connectivity index (χ1v) is 9.99. The molecular formula is C24H21ClN2O. The van der Waals surface area contributed by atoms with Crippen molar-refractivity contribution in [1.82, 2.24) is 9.55 Å². The number of phenolic OH excluding ortho intramolecular Hbond substituents is 1. The average molecular weight is 389 g/mol. The molecule has 5 aromatic rings. The van der Waals surface area contributed by atoms with E-state index < -0.39 is 0 Å². The number of fused-ring (bicyclic) bond motifs is 5. The van der Waals surface area contributed by atoms with Gasteiger partial charge in [-0.3, -0.25) is 0 Å². The highest BCUT2D eigenvalue weighted by Crippen LogP contribution is 2.43. The zero-order valence-corrected chi connectivity index (χ0v) is 16.6. The minimum absolute atomic E-state index is 0.287. The first-order valence-electron chi connectivity index (χ1n) is 9.61. The first-order chi connectivity index (χ1) is 13.6. The predicted molar refractivity (Wildman–Crippen MR) is 118 cm³/mol.